The SMILES string of the molecule is OC[C@H]1OC(O)[C@H](OCCCCCn2ccnc2)[C@@H](OCCCCCn2ccnc2)[C@@H]1O. The summed E-state index contributed by atoms with van der Waals surface area (Å²) >= 11 is 0. The van der Waals surface area contributed by atoms with E-state index in [1.54, 1.807) is 25.0 Å². The van der Waals surface area contributed by atoms with Crippen molar-refractivity contribution in [2.45, 2.75) is 82.3 Å². The van der Waals surface area contributed by atoms with Crippen LogP contribution < -0.4 is 0 Å². The maximum atomic E-state index is 10.6. The number of aliphatic hydroxyl groups is 3. The largest absolute Gasteiger partial charge is 0.394 e. The van der Waals surface area contributed by atoms with E-state index >= 15 is 0 Å². The number of imidazole rings is 2. The number of nitrogens with zero attached hydrogens (tertiary/aromatic N) is 4. The van der Waals surface area contributed by atoms with Crippen molar-refractivity contribution in [2.75, 3.05) is 19.8 Å². The van der Waals surface area contributed by atoms with Crippen LogP contribution in [0.1, 0.15) is 38.5 Å². The van der Waals surface area contributed by atoms with E-state index in [9.17, 15) is 15.3 Å². The third-order valence-corrected chi connectivity index (χ3v) is 5.68. The van der Waals surface area contributed by atoms with Gasteiger partial charge in [-0.05, 0) is 38.5 Å². The van der Waals surface area contributed by atoms with E-state index < -0.39 is 37.3 Å². The lowest BCUT2D eigenvalue weighted by Gasteiger charge is -2.42. The van der Waals surface area contributed by atoms with Gasteiger partial charge < -0.3 is 38.7 Å². The lowest BCUT2D eigenvalue weighted by atomic mass is 9.98. The molecule has 1 saturated heterocycles. The zero-order valence-electron chi connectivity index (χ0n) is 18.5. The molecule has 32 heavy (non-hydrogen) atoms. The number of ether oxygens (including phenoxy) is 3. The Hall–Kier alpha value is -1.82. The van der Waals surface area contributed by atoms with Crippen molar-refractivity contribution < 1.29 is 29.5 Å². The first-order chi connectivity index (χ1) is 15.7. The summed E-state index contributed by atoms with van der Waals surface area (Å²) in [6.45, 7) is 2.26. The molecule has 1 aliphatic heterocycles. The summed E-state index contributed by atoms with van der Waals surface area (Å²) in [5, 5.41) is 30.4. The average molecular weight is 453 g/mol. The molecule has 1 fully saturated rings. The summed E-state index contributed by atoms with van der Waals surface area (Å²) in [5.41, 5.74) is 0. The zero-order chi connectivity index (χ0) is 22.6. The highest BCUT2D eigenvalue weighted by Gasteiger charge is 2.45. The first kappa shape index (κ1) is 24.8. The topological polar surface area (TPSA) is 124 Å². The van der Waals surface area contributed by atoms with E-state index in [4.69, 9.17) is 14.2 Å². The van der Waals surface area contributed by atoms with Gasteiger partial charge in [0.05, 0.1) is 19.3 Å². The molecule has 3 N–H and O–H groups in total. The van der Waals surface area contributed by atoms with Crippen LogP contribution >= 0.6 is 0 Å². The number of aryl methyl sites for hydroxylation is 2. The number of aliphatic hydroxyl groups excluding tert-OH is 3. The Kier molecular flexibility index (Phi) is 10.6. The van der Waals surface area contributed by atoms with Crippen LogP contribution in [0.2, 0.25) is 0 Å². The predicted molar refractivity (Wildman–Crippen MR) is 116 cm³/mol. The Morgan fingerprint density at radius 1 is 0.781 bits per heavy atom. The Balaban J connectivity index is 1.37. The average Bonchev–Trinajstić information content (AvgIpc) is 3.50. The third-order valence-electron chi connectivity index (χ3n) is 5.68. The molecule has 0 aliphatic carbocycles. The summed E-state index contributed by atoms with van der Waals surface area (Å²) in [6.07, 6.45) is 11.8. The van der Waals surface area contributed by atoms with Crippen molar-refractivity contribution in [3.63, 3.8) is 0 Å². The van der Waals surface area contributed by atoms with Crippen molar-refractivity contribution in [3.05, 3.63) is 37.4 Å². The standard InChI is InChI=1S/C22H36N4O6/c27-15-18-19(28)20(30-13-5-1-3-9-25-11-7-23-16-25)21(22(29)32-18)31-14-6-2-4-10-26-12-8-24-17-26/h7-8,11-12,16-22,27-29H,1-6,9-10,13-15H2/t18-,19-,20+,21-,22?/m1/s1. The van der Waals surface area contributed by atoms with Gasteiger partial charge in [-0.15, -0.1) is 0 Å². The number of hydrogen-bond acceptors (Lipinski definition) is 8. The summed E-state index contributed by atoms with van der Waals surface area (Å²) < 4.78 is 21.2. The quantitative estimate of drug-likeness (QED) is 0.342. The Labute approximate surface area is 188 Å². The van der Waals surface area contributed by atoms with Gasteiger partial charge in [-0.3, -0.25) is 0 Å². The van der Waals surface area contributed by atoms with Gasteiger partial charge in [-0.25, -0.2) is 9.97 Å². The predicted octanol–water partition coefficient (Wildman–Crippen LogP) is 0.961. The maximum absolute atomic E-state index is 10.6. The summed E-state index contributed by atoms with van der Waals surface area (Å²) in [5.74, 6) is 0. The fraction of sp³-hybridized carbons (Fsp3) is 0.727. The maximum Gasteiger partial charge on any atom is 0.184 e. The highest BCUT2D eigenvalue weighted by Crippen LogP contribution is 2.25. The van der Waals surface area contributed by atoms with Gasteiger partial charge in [0, 0.05) is 51.1 Å². The molecule has 3 rings (SSSR count). The molecule has 10 nitrogen and oxygen atoms in total. The fourth-order valence-electron chi connectivity index (χ4n) is 3.85. The zero-order valence-corrected chi connectivity index (χ0v) is 18.5. The Morgan fingerprint density at radius 2 is 1.34 bits per heavy atom. The van der Waals surface area contributed by atoms with E-state index in [1.807, 2.05) is 21.5 Å². The Bertz CT molecular complexity index is 714. The van der Waals surface area contributed by atoms with Crippen LogP contribution in [-0.4, -0.2) is 84.9 Å². The molecule has 10 heteroatoms. The minimum Gasteiger partial charge on any atom is -0.394 e. The molecule has 0 saturated carbocycles. The summed E-state index contributed by atoms with van der Waals surface area (Å²) in [6, 6.07) is 0. The normalized spacial score (nSPS) is 25.9. The van der Waals surface area contributed by atoms with Crippen molar-refractivity contribution in [1.29, 1.82) is 0 Å². The van der Waals surface area contributed by atoms with Crippen LogP contribution in [0.3, 0.4) is 0 Å². The molecule has 2 aromatic heterocycles. The monoisotopic (exact) mass is 452 g/mol. The molecule has 180 valence electrons. The molecule has 0 spiro atoms. The lowest BCUT2D eigenvalue weighted by molar-refractivity contribution is -0.303. The van der Waals surface area contributed by atoms with Crippen molar-refractivity contribution in [2.24, 2.45) is 0 Å². The van der Waals surface area contributed by atoms with Crippen molar-refractivity contribution in [3.8, 4) is 0 Å². The molecule has 1 unspecified atom stereocenters. The summed E-state index contributed by atoms with van der Waals surface area (Å²) in [7, 11) is 0. The number of unbranched alkanes of at least 4 members (excludes halogenated alkanes) is 4. The van der Waals surface area contributed by atoms with Gasteiger partial charge in [0.15, 0.2) is 6.29 Å². The van der Waals surface area contributed by atoms with Crippen LogP contribution in [0.25, 0.3) is 0 Å². The van der Waals surface area contributed by atoms with Crippen molar-refractivity contribution >= 4 is 0 Å². The minimum absolute atomic E-state index is 0.399. The first-order valence-corrected chi connectivity index (χ1v) is 11.5. The fourth-order valence-corrected chi connectivity index (χ4v) is 3.85. The number of aromatic nitrogens is 4. The smallest absolute Gasteiger partial charge is 0.184 e. The van der Waals surface area contributed by atoms with Crippen LogP contribution in [0.5, 0.6) is 0 Å². The van der Waals surface area contributed by atoms with Crippen LogP contribution in [0, 0.1) is 0 Å². The highest BCUT2D eigenvalue weighted by atomic mass is 16.7. The van der Waals surface area contributed by atoms with Crippen LogP contribution in [-0.2, 0) is 27.3 Å². The second kappa shape index (κ2) is 13.7. The molecule has 0 amide bonds. The van der Waals surface area contributed by atoms with Gasteiger partial charge in [0.2, 0.25) is 0 Å². The van der Waals surface area contributed by atoms with E-state index in [0.717, 1.165) is 51.6 Å². The molecule has 3 heterocycles. The van der Waals surface area contributed by atoms with E-state index in [0.29, 0.717) is 13.2 Å². The molecule has 0 aromatic carbocycles. The molecular formula is C22H36N4O6. The molecule has 0 bridgehead atoms. The van der Waals surface area contributed by atoms with E-state index in [1.165, 1.54) is 0 Å². The highest BCUT2D eigenvalue weighted by molar-refractivity contribution is 4.91. The van der Waals surface area contributed by atoms with Gasteiger partial charge in [0.25, 0.3) is 0 Å². The molecule has 0 radical (unpaired) electrons. The van der Waals surface area contributed by atoms with Gasteiger partial charge in [-0.1, -0.05) is 0 Å². The molecule has 2 aromatic rings. The van der Waals surface area contributed by atoms with Gasteiger partial charge >= 0.3 is 0 Å². The molecule has 1 aliphatic rings. The number of rotatable bonds is 15. The van der Waals surface area contributed by atoms with Crippen LogP contribution in [0.15, 0.2) is 37.4 Å². The van der Waals surface area contributed by atoms with Crippen molar-refractivity contribution in [1.82, 2.24) is 19.1 Å². The van der Waals surface area contributed by atoms with E-state index in [2.05, 4.69) is 9.97 Å². The van der Waals surface area contributed by atoms with E-state index in [-0.39, 0.29) is 0 Å². The second-order valence-electron chi connectivity index (χ2n) is 8.13. The molecular weight excluding hydrogens is 416 g/mol. The summed E-state index contributed by atoms with van der Waals surface area (Å²) in [4.78, 5) is 8.05. The number of hydrogen-bond donors (Lipinski definition) is 3. The minimum atomic E-state index is -1.26. The first-order valence-electron chi connectivity index (χ1n) is 11.5. The third kappa shape index (κ3) is 7.65. The van der Waals surface area contributed by atoms with Crippen LogP contribution in [0.4, 0.5) is 0 Å². The molecule has 5 atom stereocenters. The van der Waals surface area contributed by atoms with Gasteiger partial charge in [-0.2, -0.15) is 0 Å². The Morgan fingerprint density at radius 3 is 1.84 bits per heavy atom. The second-order valence-corrected chi connectivity index (χ2v) is 8.13. The lowest BCUT2D eigenvalue weighted by Crippen LogP contribution is -2.60. The van der Waals surface area contributed by atoms with Gasteiger partial charge in [0.1, 0.15) is 24.4 Å².